The third-order valence-electron chi connectivity index (χ3n) is 2.26. The third kappa shape index (κ3) is 5.86. The maximum atomic E-state index is 5.37. The lowest BCUT2D eigenvalue weighted by Crippen LogP contribution is -2.30. The van der Waals surface area contributed by atoms with Gasteiger partial charge in [0, 0.05) is 25.5 Å². The lowest BCUT2D eigenvalue weighted by atomic mass is 10.2. The Morgan fingerprint density at radius 3 is 3.00 bits per heavy atom. The van der Waals surface area contributed by atoms with E-state index in [2.05, 4.69) is 5.32 Å². The lowest BCUT2D eigenvalue weighted by Gasteiger charge is -2.10. The highest BCUT2D eigenvalue weighted by molar-refractivity contribution is 7.99. The maximum absolute atomic E-state index is 5.37. The molecule has 0 aromatic rings. The van der Waals surface area contributed by atoms with Crippen LogP contribution in [0, 0.1) is 0 Å². The molecular weight excluding hydrogens is 198 g/mol. The Balaban J connectivity index is 1.75. The largest absolute Gasteiger partial charge is 0.382 e. The Morgan fingerprint density at radius 2 is 2.29 bits per heavy atom. The molecule has 0 aromatic carbocycles. The Bertz CT molecular complexity index is 129. The van der Waals surface area contributed by atoms with E-state index < -0.39 is 0 Å². The van der Waals surface area contributed by atoms with Gasteiger partial charge in [-0.1, -0.05) is 0 Å². The van der Waals surface area contributed by atoms with Crippen molar-refractivity contribution in [2.45, 2.75) is 18.9 Å². The van der Waals surface area contributed by atoms with E-state index in [-0.39, 0.29) is 0 Å². The van der Waals surface area contributed by atoms with Gasteiger partial charge in [0.1, 0.15) is 0 Å². The molecule has 14 heavy (non-hydrogen) atoms. The molecule has 1 fully saturated rings. The number of hydrogen-bond donors (Lipinski definition) is 1. The fraction of sp³-hybridized carbons (Fsp3) is 1.00. The average Bonchev–Trinajstić information content (AvgIpc) is 2.69. The Hall–Kier alpha value is 0.230. The van der Waals surface area contributed by atoms with Crippen LogP contribution in [0.2, 0.25) is 0 Å². The molecule has 1 N–H and O–H groups in total. The summed E-state index contributed by atoms with van der Waals surface area (Å²) in [5.41, 5.74) is 0. The molecule has 0 bridgehead atoms. The summed E-state index contributed by atoms with van der Waals surface area (Å²) in [6.45, 7) is 3.34. The minimum atomic E-state index is 0.701. The molecule has 4 heteroatoms. The average molecular weight is 219 g/mol. The molecule has 1 unspecified atom stereocenters. The Labute approximate surface area is 90.9 Å². The van der Waals surface area contributed by atoms with E-state index in [1.165, 1.54) is 17.9 Å². The van der Waals surface area contributed by atoms with E-state index in [0.717, 1.165) is 32.2 Å². The number of ether oxygens (including phenoxy) is 2. The number of rotatable bonds is 8. The van der Waals surface area contributed by atoms with Crippen molar-refractivity contribution >= 4 is 11.8 Å². The molecule has 0 aromatic heterocycles. The van der Waals surface area contributed by atoms with Crippen molar-refractivity contribution in [1.29, 1.82) is 0 Å². The summed E-state index contributed by atoms with van der Waals surface area (Å²) in [7, 11) is 1.70. The first-order chi connectivity index (χ1) is 6.93. The van der Waals surface area contributed by atoms with Crippen LogP contribution in [0.15, 0.2) is 0 Å². The van der Waals surface area contributed by atoms with E-state index in [9.17, 15) is 0 Å². The molecule has 0 aliphatic carbocycles. The zero-order valence-electron chi connectivity index (χ0n) is 8.96. The molecule has 1 aliphatic heterocycles. The van der Waals surface area contributed by atoms with Gasteiger partial charge in [-0.3, -0.25) is 0 Å². The summed E-state index contributed by atoms with van der Waals surface area (Å²) in [5, 5.41) is 3.54. The standard InChI is InChI=1S/C10H21NO2S/c1-12-6-7-13-5-2-4-11-10-3-8-14-9-10/h10-11H,2-9H2,1H3. The minimum Gasteiger partial charge on any atom is -0.382 e. The molecule has 1 heterocycles. The second kappa shape index (κ2) is 8.53. The molecule has 0 amide bonds. The monoisotopic (exact) mass is 219 g/mol. The van der Waals surface area contributed by atoms with Crippen LogP contribution in [0.4, 0.5) is 0 Å². The van der Waals surface area contributed by atoms with Crippen LogP contribution in [-0.4, -0.2) is 51.0 Å². The highest BCUT2D eigenvalue weighted by Crippen LogP contribution is 2.16. The third-order valence-corrected chi connectivity index (χ3v) is 3.42. The van der Waals surface area contributed by atoms with Gasteiger partial charge in [-0.25, -0.2) is 0 Å². The Morgan fingerprint density at radius 1 is 1.36 bits per heavy atom. The molecule has 1 aliphatic rings. The zero-order valence-corrected chi connectivity index (χ0v) is 9.78. The molecule has 3 nitrogen and oxygen atoms in total. The molecular formula is C10H21NO2S. The fourth-order valence-electron chi connectivity index (χ4n) is 1.42. The molecule has 84 valence electrons. The van der Waals surface area contributed by atoms with Gasteiger partial charge in [0.05, 0.1) is 13.2 Å². The zero-order chi connectivity index (χ0) is 10.1. The van der Waals surface area contributed by atoms with E-state index in [0.29, 0.717) is 6.61 Å². The summed E-state index contributed by atoms with van der Waals surface area (Å²) in [6.07, 6.45) is 2.43. The van der Waals surface area contributed by atoms with E-state index >= 15 is 0 Å². The quantitative estimate of drug-likeness (QED) is 0.620. The normalized spacial score (nSPS) is 21.6. The second-order valence-corrected chi connectivity index (χ2v) is 4.62. The maximum Gasteiger partial charge on any atom is 0.0700 e. The summed E-state index contributed by atoms with van der Waals surface area (Å²) in [5.74, 6) is 2.60. The van der Waals surface area contributed by atoms with Gasteiger partial charge in [0.2, 0.25) is 0 Å². The van der Waals surface area contributed by atoms with Crippen molar-refractivity contribution in [3.05, 3.63) is 0 Å². The van der Waals surface area contributed by atoms with Gasteiger partial charge < -0.3 is 14.8 Å². The van der Waals surface area contributed by atoms with Crippen molar-refractivity contribution in [2.24, 2.45) is 0 Å². The lowest BCUT2D eigenvalue weighted by molar-refractivity contribution is 0.0693. The molecule has 0 radical (unpaired) electrons. The van der Waals surface area contributed by atoms with E-state index in [1.54, 1.807) is 7.11 Å². The van der Waals surface area contributed by atoms with Crippen LogP contribution in [-0.2, 0) is 9.47 Å². The Kier molecular flexibility index (Phi) is 7.50. The van der Waals surface area contributed by atoms with Gasteiger partial charge in [0.15, 0.2) is 0 Å². The van der Waals surface area contributed by atoms with Crippen molar-refractivity contribution < 1.29 is 9.47 Å². The van der Waals surface area contributed by atoms with E-state index in [1.807, 2.05) is 11.8 Å². The van der Waals surface area contributed by atoms with Crippen molar-refractivity contribution in [2.75, 3.05) is 45.0 Å². The predicted octanol–water partition coefficient (Wildman–Crippen LogP) is 1.13. The van der Waals surface area contributed by atoms with Crippen LogP contribution in [0.5, 0.6) is 0 Å². The van der Waals surface area contributed by atoms with Crippen molar-refractivity contribution in [3.8, 4) is 0 Å². The summed E-state index contributed by atoms with van der Waals surface area (Å²) in [6, 6.07) is 0.749. The topological polar surface area (TPSA) is 30.5 Å². The molecule has 1 rings (SSSR count). The minimum absolute atomic E-state index is 0.701. The number of nitrogens with one attached hydrogen (secondary N) is 1. The van der Waals surface area contributed by atoms with Gasteiger partial charge in [-0.2, -0.15) is 11.8 Å². The highest BCUT2D eigenvalue weighted by atomic mass is 32.2. The van der Waals surface area contributed by atoms with Crippen molar-refractivity contribution in [3.63, 3.8) is 0 Å². The first-order valence-electron chi connectivity index (χ1n) is 5.31. The molecule has 1 atom stereocenters. The van der Waals surface area contributed by atoms with Gasteiger partial charge in [0.25, 0.3) is 0 Å². The first-order valence-corrected chi connectivity index (χ1v) is 6.47. The predicted molar refractivity (Wildman–Crippen MR) is 61.0 cm³/mol. The number of thioether (sulfide) groups is 1. The highest BCUT2D eigenvalue weighted by Gasteiger charge is 2.13. The first kappa shape index (κ1) is 12.3. The van der Waals surface area contributed by atoms with Gasteiger partial charge >= 0.3 is 0 Å². The SMILES string of the molecule is COCCOCCCNC1CCSC1. The molecule has 0 saturated carbocycles. The molecule has 0 spiro atoms. The second-order valence-electron chi connectivity index (χ2n) is 3.47. The smallest absolute Gasteiger partial charge is 0.0700 e. The fourth-order valence-corrected chi connectivity index (χ4v) is 2.61. The van der Waals surface area contributed by atoms with Crippen LogP contribution in [0.3, 0.4) is 0 Å². The summed E-state index contributed by atoms with van der Waals surface area (Å²) < 4.78 is 10.3. The van der Waals surface area contributed by atoms with Crippen LogP contribution in [0.25, 0.3) is 0 Å². The number of methoxy groups -OCH3 is 1. The van der Waals surface area contributed by atoms with Gasteiger partial charge in [-0.05, 0) is 25.1 Å². The van der Waals surface area contributed by atoms with Crippen LogP contribution < -0.4 is 5.32 Å². The van der Waals surface area contributed by atoms with Crippen LogP contribution >= 0.6 is 11.8 Å². The number of hydrogen-bond acceptors (Lipinski definition) is 4. The van der Waals surface area contributed by atoms with Crippen molar-refractivity contribution in [1.82, 2.24) is 5.32 Å². The summed E-state index contributed by atoms with van der Waals surface area (Å²) in [4.78, 5) is 0. The summed E-state index contributed by atoms with van der Waals surface area (Å²) >= 11 is 2.05. The van der Waals surface area contributed by atoms with E-state index in [4.69, 9.17) is 9.47 Å². The molecule has 1 saturated heterocycles. The van der Waals surface area contributed by atoms with Crippen LogP contribution in [0.1, 0.15) is 12.8 Å². The van der Waals surface area contributed by atoms with Gasteiger partial charge in [-0.15, -0.1) is 0 Å².